The van der Waals surface area contributed by atoms with Gasteiger partial charge in [0.15, 0.2) is 5.78 Å². The summed E-state index contributed by atoms with van der Waals surface area (Å²) in [5.74, 6) is 0.000417. The third kappa shape index (κ3) is 0.547. The number of fused-ring (bicyclic) bond motifs is 1. The Balaban J connectivity index is 2.43. The van der Waals surface area contributed by atoms with Gasteiger partial charge in [0.1, 0.15) is 5.54 Å². The molecule has 2 atom stereocenters. The number of rotatable bonds is 0. The highest BCUT2D eigenvalue weighted by Gasteiger charge is 2.63. The summed E-state index contributed by atoms with van der Waals surface area (Å²) in [6.07, 6.45) is 2.51. The lowest BCUT2D eigenvalue weighted by molar-refractivity contribution is -0.134. The van der Waals surface area contributed by atoms with Crippen LogP contribution < -0.4 is 17.2 Å². The van der Waals surface area contributed by atoms with E-state index in [0.29, 0.717) is 18.5 Å². The van der Waals surface area contributed by atoms with Crippen LogP contribution in [0.25, 0.3) is 0 Å². The Morgan fingerprint density at radius 3 is 2.36 bits per heavy atom. The normalized spacial score (nSPS) is 48.2. The predicted octanol–water partition coefficient (Wildman–Crippen LogP) is -1.40. The molecule has 0 aromatic heterocycles. The van der Waals surface area contributed by atoms with E-state index in [4.69, 9.17) is 17.2 Å². The highest BCUT2D eigenvalue weighted by Crippen LogP contribution is 2.44. The molecule has 2 aliphatic rings. The van der Waals surface area contributed by atoms with Crippen LogP contribution in [0.1, 0.15) is 12.8 Å². The van der Waals surface area contributed by atoms with Gasteiger partial charge in [0.25, 0.3) is 0 Å². The van der Waals surface area contributed by atoms with Crippen molar-refractivity contribution in [1.82, 2.24) is 0 Å². The van der Waals surface area contributed by atoms with Crippen LogP contribution in [0.5, 0.6) is 0 Å². The standard InChI is InChI=1S/C7H11N3O/c8-4-1-6(9)3-5(11)7(6,10)2-4/h2H,1,3,8-10H2/t6-,7+/m0/s1. The molecule has 0 aromatic rings. The summed E-state index contributed by atoms with van der Waals surface area (Å²) in [5, 5.41) is 0. The summed E-state index contributed by atoms with van der Waals surface area (Å²) in [7, 11) is 0. The number of hydrogen-bond donors (Lipinski definition) is 3. The van der Waals surface area contributed by atoms with Crippen LogP contribution in [0.3, 0.4) is 0 Å². The number of carbonyl (C=O) groups excluding carboxylic acids is 1. The van der Waals surface area contributed by atoms with Crippen molar-refractivity contribution in [3.63, 3.8) is 0 Å². The number of nitrogens with two attached hydrogens (primary N) is 3. The summed E-state index contributed by atoms with van der Waals surface area (Å²) in [6, 6.07) is 0. The van der Waals surface area contributed by atoms with Crippen molar-refractivity contribution in [3.05, 3.63) is 11.8 Å². The van der Waals surface area contributed by atoms with Gasteiger partial charge in [-0.3, -0.25) is 4.79 Å². The zero-order chi connectivity index (χ0) is 8.28. The lowest BCUT2D eigenvalue weighted by Gasteiger charge is -2.47. The number of carbonyl (C=O) groups is 1. The van der Waals surface area contributed by atoms with Gasteiger partial charge in [-0.25, -0.2) is 0 Å². The molecule has 0 unspecified atom stereocenters. The van der Waals surface area contributed by atoms with Gasteiger partial charge >= 0.3 is 0 Å². The first-order valence-corrected chi connectivity index (χ1v) is 3.56. The first-order valence-electron chi connectivity index (χ1n) is 3.56. The van der Waals surface area contributed by atoms with Crippen LogP contribution in [0.2, 0.25) is 0 Å². The van der Waals surface area contributed by atoms with Gasteiger partial charge in [-0.1, -0.05) is 0 Å². The quantitative estimate of drug-likeness (QED) is 0.399. The largest absolute Gasteiger partial charge is 0.402 e. The Morgan fingerprint density at radius 2 is 2.00 bits per heavy atom. The minimum absolute atomic E-state index is 0.000417. The lowest BCUT2D eigenvalue weighted by Crippen LogP contribution is -2.76. The van der Waals surface area contributed by atoms with E-state index < -0.39 is 11.1 Å². The molecule has 0 aromatic carbocycles. The Bertz CT molecular complexity index is 273. The maximum atomic E-state index is 11.1. The van der Waals surface area contributed by atoms with Crippen LogP contribution in [-0.2, 0) is 4.79 Å². The summed E-state index contributed by atoms with van der Waals surface area (Å²) in [5.41, 5.74) is 16.2. The molecule has 0 aliphatic heterocycles. The fraction of sp³-hybridized carbons (Fsp3) is 0.571. The molecule has 1 saturated carbocycles. The molecule has 0 heterocycles. The fourth-order valence-electron chi connectivity index (χ4n) is 1.89. The third-order valence-electron chi connectivity index (χ3n) is 2.69. The van der Waals surface area contributed by atoms with Crippen molar-refractivity contribution in [3.8, 4) is 0 Å². The van der Waals surface area contributed by atoms with E-state index in [9.17, 15) is 4.79 Å². The molecule has 2 rings (SSSR count). The van der Waals surface area contributed by atoms with Crippen LogP contribution in [0, 0.1) is 0 Å². The van der Waals surface area contributed by atoms with Crippen molar-refractivity contribution < 1.29 is 4.79 Å². The molecule has 0 bridgehead atoms. The molecule has 6 N–H and O–H groups in total. The molecule has 4 heteroatoms. The zero-order valence-electron chi connectivity index (χ0n) is 6.13. The highest BCUT2D eigenvalue weighted by molar-refractivity contribution is 6.01. The first kappa shape index (κ1) is 6.82. The molecule has 11 heavy (non-hydrogen) atoms. The molecule has 0 radical (unpaired) electrons. The highest BCUT2D eigenvalue weighted by atomic mass is 16.1. The third-order valence-corrected chi connectivity index (χ3v) is 2.69. The van der Waals surface area contributed by atoms with Crippen LogP contribution >= 0.6 is 0 Å². The van der Waals surface area contributed by atoms with E-state index in [1.165, 1.54) is 0 Å². The summed E-state index contributed by atoms with van der Waals surface area (Å²) in [6.45, 7) is 0. The molecule has 0 saturated heterocycles. The van der Waals surface area contributed by atoms with Crippen molar-refractivity contribution in [2.45, 2.75) is 23.9 Å². The Morgan fingerprint density at radius 1 is 1.36 bits per heavy atom. The molecule has 0 spiro atoms. The number of Topliss-reactive ketones (excluding diaryl/α,β-unsaturated/α-hetero) is 1. The van der Waals surface area contributed by atoms with E-state index in [0.717, 1.165) is 0 Å². The van der Waals surface area contributed by atoms with E-state index in [-0.39, 0.29) is 5.78 Å². The van der Waals surface area contributed by atoms with Crippen LogP contribution in [-0.4, -0.2) is 16.9 Å². The second kappa shape index (κ2) is 1.49. The lowest BCUT2D eigenvalue weighted by atomic mass is 9.62. The fourth-order valence-corrected chi connectivity index (χ4v) is 1.89. The van der Waals surface area contributed by atoms with Gasteiger partial charge < -0.3 is 17.2 Å². The Labute approximate surface area is 64.4 Å². The molecule has 4 nitrogen and oxygen atoms in total. The second-order valence-electron chi connectivity index (χ2n) is 3.52. The minimum atomic E-state index is -0.947. The smallest absolute Gasteiger partial charge is 0.160 e. The van der Waals surface area contributed by atoms with Crippen molar-refractivity contribution in [1.29, 1.82) is 0 Å². The Hall–Kier alpha value is -0.870. The van der Waals surface area contributed by atoms with E-state index in [1.807, 2.05) is 0 Å². The van der Waals surface area contributed by atoms with Crippen molar-refractivity contribution >= 4 is 5.78 Å². The summed E-state index contributed by atoms with van der Waals surface area (Å²) >= 11 is 0. The van der Waals surface area contributed by atoms with Gasteiger partial charge in [-0.05, 0) is 6.08 Å². The van der Waals surface area contributed by atoms with E-state index >= 15 is 0 Å². The van der Waals surface area contributed by atoms with Crippen LogP contribution in [0.4, 0.5) is 0 Å². The molecule has 0 amide bonds. The SMILES string of the molecule is NC1=C[C@@]2(N)C(=O)C[C@@]2(N)C1. The van der Waals surface area contributed by atoms with E-state index in [2.05, 4.69) is 0 Å². The summed E-state index contributed by atoms with van der Waals surface area (Å²) in [4.78, 5) is 11.1. The zero-order valence-corrected chi connectivity index (χ0v) is 6.13. The first-order chi connectivity index (χ1) is 4.98. The minimum Gasteiger partial charge on any atom is -0.402 e. The van der Waals surface area contributed by atoms with Gasteiger partial charge in [-0.15, -0.1) is 0 Å². The predicted molar refractivity (Wildman–Crippen MR) is 40.3 cm³/mol. The van der Waals surface area contributed by atoms with Gasteiger partial charge in [-0.2, -0.15) is 0 Å². The van der Waals surface area contributed by atoms with Gasteiger partial charge in [0.05, 0.1) is 5.54 Å². The average molecular weight is 153 g/mol. The van der Waals surface area contributed by atoms with Gasteiger partial charge in [0.2, 0.25) is 0 Å². The monoisotopic (exact) mass is 153 g/mol. The molecular formula is C7H11N3O. The maximum Gasteiger partial charge on any atom is 0.160 e. The maximum absolute atomic E-state index is 11.1. The molecular weight excluding hydrogens is 142 g/mol. The van der Waals surface area contributed by atoms with Crippen molar-refractivity contribution in [2.24, 2.45) is 17.2 Å². The Kier molecular flexibility index (Phi) is 0.923. The molecule has 1 fully saturated rings. The molecule has 2 aliphatic carbocycles. The topological polar surface area (TPSA) is 95.1 Å². The van der Waals surface area contributed by atoms with Crippen LogP contribution in [0.15, 0.2) is 11.8 Å². The summed E-state index contributed by atoms with van der Waals surface area (Å²) < 4.78 is 0. The second-order valence-corrected chi connectivity index (χ2v) is 3.52. The van der Waals surface area contributed by atoms with Crippen molar-refractivity contribution in [2.75, 3.05) is 0 Å². The average Bonchev–Trinajstić information content (AvgIpc) is 2.01. The number of ketones is 1. The van der Waals surface area contributed by atoms with Gasteiger partial charge in [0, 0.05) is 18.5 Å². The molecule has 60 valence electrons. The van der Waals surface area contributed by atoms with E-state index in [1.54, 1.807) is 6.08 Å². The number of hydrogen-bond acceptors (Lipinski definition) is 4.